The number of carbonyl (C=O) groups excluding carboxylic acids is 1. The molecule has 2 aromatic carbocycles. The summed E-state index contributed by atoms with van der Waals surface area (Å²) in [7, 11) is 0. The minimum absolute atomic E-state index is 0.177. The fourth-order valence-electron chi connectivity index (χ4n) is 2.51. The van der Waals surface area contributed by atoms with Crippen LogP contribution in [0.2, 0.25) is 5.02 Å². The van der Waals surface area contributed by atoms with Crippen molar-refractivity contribution in [3.05, 3.63) is 81.1 Å². The van der Waals surface area contributed by atoms with Crippen molar-refractivity contribution < 1.29 is 9.53 Å². The second-order valence-corrected chi connectivity index (χ2v) is 6.88. The zero-order valence-corrected chi connectivity index (χ0v) is 16.5. The predicted molar refractivity (Wildman–Crippen MR) is 109 cm³/mol. The molecule has 1 N–H and O–H groups in total. The number of carbonyl (C=O) groups is 1. The van der Waals surface area contributed by atoms with Crippen LogP contribution in [0, 0.1) is 13.8 Å². The lowest BCUT2D eigenvalue weighted by molar-refractivity contribution is -0.122. The van der Waals surface area contributed by atoms with Gasteiger partial charge in [0.2, 0.25) is 5.88 Å². The Morgan fingerprint density at radius 3 is 2.46 bits per heavy atom. The van der Waals surface area contributed by atoms with E-state index in [2.05, 4.69) is 10.4 Å². The van der Waals surface area contributed by atoms with E-state index in [1.807, 2.05) is 32.0 Å². The summed E-state index contributed by atoms with van der Waals surface area (Å²) in [5, 5.41) is 7.56. The predicted octanol–water partition coefficient (Wildman–Crippen LogP) is 3.91. The van der Waals surface area contributed by atoms with E-state index < -0.39 is 6.10 Å². The third kappa shape index (κ3) is 4.58. The van der Waals surface area contributed by atoms with Gasteiger partial charge >= 0.3 is 0 Å². The summed E-state index contributed by atoms with van der Waals surface area (Å²) in [5.41, 5.74) is 3.13. The molecular formula is C21H20ClN3O3. The third-order valence-electron chi connectivity index (χ3n) is 4.29. The molecule has 144 valence electrons. The van der Waals surface area contributed by atoms with Crippen LogP contribution in [0.1, 0.15) is 18.1 Å². The first-order valence-electron chi connectivity index (χ1n) is 8.74. The smallest absolute Gasteiger partial charge is 0.271 e. The number of benzene rings is 2. The number of nitrogens with zero attached hydrogens (tertiary/aromatic N) is 2. The summed E-state index contributed by atoms with van der Waals surface area (Å²) in [6.07, 6.45) is -0.811. The van der Waals surface area contributed by atoms with Gasteiger partial charge in [-0.25, -0.2) is 0 Å². The Morgan fingerprint density at radius 2 is 1.79 bits per heavy atom. The first kappa shape index (κ1) is 19.6. The molecule has 0 aliphatic carbocycles. The number of aromatic nitrogens is 2. The summed E-state index contributed by atoms with van der Waals surface area (Å²) in [6, 6.07) is 15.2. The molecule has 0 aliphatic rings. The SMILES string of the molecule is Cc1ccc(-n2nc(O[C@@H](C)C(=O)Nc3ccc(Cl)cc3)ccc2=O)cc1C. The van der Waals surface area contributed by atoms with Gasteiger partial charge in [-0.3, -0.25) is 9.59 Å². The third-order valence-corrected chi connectivity index (χ3v) is 4.54. The van der Waals surface area contributed by atoms with Crippen molar-refractivity contribution in [1.82, 2.24) is 9.78 Å². The molecule has 7 heteroatoms. The van der Waals surface area contributed by atoms with Gasteiger partial charge in [0.1, 0.15) is 0 Å². The van der Waals surface area contributed by atoms with E-state index in [1.165, 1.54) is 16.8 Å². The highest BCUT2D eigenvalue weighted by molar-refractivity contribution is 6.30. The maximum Gasteiger partial charge on any atom is 0.271 e. The number of amides is 1. The molecule has 28 heavy (non-hydrogen) atoms. The molecule has 1 aromatic heterocycles. The summed E-state index contributed by atoms with van der Waals surface area (Å²) in [4.78, 5) is 24.6. The van der Waals surface area contributed by atoms with Gasteiger partial charge in [-0.1, -0.05) is 17.7 Å². The van der Waals surface area contributed by atoms with Crippen molar-refractivity contribution in [2.24, 2.45) is 0 Å². The van der Waals surface area contributed by atoms with Crippen molar-refractivity contribution in [2.45, 2.75) is 26.9 Å². The standard InChI is InChI=1S/C21H20ClN3O3/c1-13-4-9-18(12-14(13)2)25-20(26)11-10-19(24-25)28-15(3)21(27)23-17-7-5-16(22)6-8-17/h4-12,15H,1-3H3,(H,23,27)/t15-/m0/s1. The Bertz CT molecular complexity index is 1060. The molecule has 0 saturated heterocycles. The number of nitrogens with one attached hydrogen (secondary N) is 1. The van der Waals surface area contributed by atoms with Crippen molar-refractivity contribution in [2.75, 3.05) is 5.32 Å². The molecule has 1 amide bonds. The van der Waals surface area contributed by atoms with Gasteiger partial charge in [-0.15, -0.1) is 5.10 Å². The van der Waals surface area contributed by atoms with Crippen molar-refractivity contribution in [3.8, 4) is 11.6 Å². The minimum atomic E-state index is -0.811. The average molecular weight is 398 g/mol. The molecule has 3 rings (SSSR count). The largest absolute Gasteiger partial charge is 0.463 e. The van der Waals surface area contributed by atoms with E-state index in [4.69, 9.17) is 16.3 Å². The first-order valence-corrected chi connectivity index (χ1v) is 9.12. The van der Waals surface area contributed by atoms with Gasteiger partial charge < -0.3 is 10.1 Å². The van der Waals surface area contributed by atoms with Crippen LogP contribution in [0.25, 0.3) is 5.69 Å². The van der Waals surface area contributed by atoms with Crippen LogP contribution in [0.3, 0.4) is 0 Å². The second kappa shape index (κ2) is 8.27. The maximum atomic E-state index is 12.3. The van der Waals surface area contributed by atoms with Crippen LogP contribution >= 0.6 is 11.6 Å². The van der Waals surface area contributed by atoms with Crippen molar-refractivity contribution in [1.29, 1.82) is 0 Å². The van der Waals surface area contributed by atoms with E-state index >= 15 is 0 Å². The number of ether oxygens (including phenoxy) is 1. The monoisotopic (exact) mass is 397 g/mol. The highest BCUT2D eigenvalue weighted by atomic mass is 35.5. The second-order valence-electron chi connectivity index (χ2n) is 6.45. The maximum absolute atomic E-state index is 12.3. The zero-order chi connectivity index (χ0) is 20.3. The van der Waals surface area contributed by atoms with Crippen LogP contribution in [-0.2, 0) is 4.79 Å². The average Bonchev–Trinajstić information content (AvgIpc) is 2.67. The molecule has 0 saturated carbocycles. The fraction of sp³-hybridized carbons (Fsp3) is 0.190. The van der Waals surface area contributed by atoms with Crippen LogP contribution in [-0.4, -0.2) is 21.8 Å². The van der Waals surface area contributed by atoms with Crippen molar-refractivity contribution >= 4 is 23.2 Å². The van der Waals surface area contributed by atoms with Crippen molar-refractivity contribution in [3.63, 3.8) is 0 Å². The molecule has 6 nitrogen and oxygen atoms in total. The van der Waals surface area contributed by atoms with E-state index in [1.54, 1.807) is 31.2 Å². The highest BCUT2D eigenvalue weighted by Gasteiger charge is 2.16. The summed E-state index contributed by atoms with van der Waals surface area (Å²) >= 11 is 5.84. The van der Waals surface area contributed by atoms with Gasteiger partial charge in [-0.2, -0.15) is 4.68 Å². The van der Waals surface area contributed by atoms with E-state index in [9.17, 15) is 9.59 Å². The molecule has 0 radical (unpaired) electrons. The lowest BCUT2D eigenvalue weighted by Crippen LogP contribution is -2.31. The number of aryl methyl sites for hydroxylation is 2. The first-order chi connectivity index (χ1) is 13.3. The van der Waals surface area contributed by atoms with Crippen LogP contribution < -0.4 is 15.6 Å². The number of anilines is 1. The molecule has 0 fully saturated rings. The number of hydrogen-bond donors (Lipinski definition) is 1. The topological polar surface area (TPSA) is 73.2 Å². The molecule has 0 bridgehead atoms. The van der Waals surface area contributed by atoms with Gasteiger partial charge in [0.05, 0.1) is 5.69 Å². The Labute approximate surface area is 167 Å². The number of hydrogen-bond acceptors (Lipinski definition) is 4. The Balaban J connectivity index is 1.76. The normalized spacial score (nSPS) is 11.7. The van der Waals surface area contributed by atoms with Gasteiger partial charge in [0.25, 0.3) is 11.5 Å². The van der Waals surface area contributed by atoms with Crippen LogP contribution in [0.5, 0.6) is 5.88 Å². The Morgan fingerprint density at radius 1 is 1.07 bits per heavy atom. The highest BCUT2D eigenvalue weighted by Crippen LogP contribution is 2.16. The van der Waals surface area contributed by atoms with Crippen LogP contribution in [0.4, 0.5) is 5.69 Å². The van der Waals surface area contributed by atoms with E-state index in [-0.39, 0.29) is 17.3 Å². The minimum Gasteiger partial charge on any atom is -0.463 e. The molecule has 1 heterocycles. The van der Waals surface area contributed by atoms with Gasteiger partial charge in [0.15, 0.2) is 6.10 Å². The number of rotatable bonds is 5. The molecule has 0 aliphatic heterocycles. The summed E-state index contributed by atoms with van der Waals surface area (Å²) in [6.45, 7) is 5.57. The summed E-state index contributed by atoms with van der Waals surface area (Å²) < 4.78 is 6.89. The van der Waals surface area contributed by atoms with E-state index in [0.717, 1.165) is 11.1 Å². The lowest BCUT2D eigenvalue weighted by Gasteiger charge is -2.15. The molecule has 0 unspecified atom stereocenters. The zero-order valence-electron chi connectivity index (χ0n) is 15.8. The summed E-state index contributed by atoms with van der Waals surface area (Å²) in [5.74, 6) is -0.162. The molecular weight excluding hydrogens is 378 g/mol. The number of halogens is 1. The lowest BCUT2D eigenvalue weighted by atomic mass is 10.1. The van der Waals surface area contributed by atoms with Crippen LogP contribution in [0.15, 0.2) is 59.4 Å². The Kier molecular flexibility index (Phi) is 5.80. The quantitative estimate of drug-likeness (QED) is 0.708. The van der Waals surface area contributed by atoms with Gasteiger partial charge in [0, 0.05) is 22.8 Å². The fourth-order valence-corrected chi connectivity index (χ4v) is 2.64. The van der Waals surface area contributed by atoms with E-state index in [0.29, 0.717) is 16.4 Å². The molecule has 3 aromatic rings. The molecule has 1 atom stereocenters. The van der Waals surface area contributed by atoms with Gasteiger partial charge in [-0.05, 0) is 68.3 Å². The molecule has 0 spiro atoms. The Hall–Kier alpha value is -3.12.